The highest BCUT2D eigenvalue weighted by Gasteiger charge is 2.21. The summed E-state index contributed by atoms with van der Waals surface area (Å²) in [5.74, 6) is -1.69. The number of nitrogens with zero attached hydrogens (tertiary/aromatic N) is 3. The first-order valence-electron chi connectivity index (χ1n) is 9.62. The number of ether oxygens (including phenoxy) is 1. The van der Waals surface area contributed by atoms with Crippen LogP contribution in [0.1, 0.15) is 15.9 Å². The monoisotopic (exact) mass is 492 g/mol. The highest BCUT2D eigenvalue weighted by molar-refractivity contribution is 6.34. The van der Waals surface area contributed by atoms with Crippen LogP contribution in [0, 0.1) is 31.6 Å². The summed E-state index contributed by atoms with van der Waals surface area (Å²) in [6.07, 6.45) is 1.24. The summed E-state index contributed by atoms with van der Waals surface area (Å²) < 4.78 is 5.17. The molecule has 3 aromatic carbocycles. The van der Waals surface area contributed by atoms with Crippen molar-refractivity contribution in [1.82, 2.24) is 0 Å². The number of esters is 1. The van der Waals surface area contributed by atoms with E-state index in [4.69, 9.17) is 16.3 Å². The van der Waals surface area contributed by atoms with Gasteiger partial charge < -0.3 is 10.1 Å². The Bertz CT molecular complexity index is 1410. The predicted molar refractivity (Wildman–Crippen MR) is 125 cm³/mol. The van der Waals surface area contributed by atoms with Crippen LogP contribution >= 0.6 is 11.6 Å². The average Bonchev–Trinajstić information content (AvgIpc) is 2.84. The van der Waals surface area contributed by atoms with Crippen LogP contribution < -0.4 is 10.1 Å². The summed E-state index contributed by atoms with van der Waals surface area (Å²) in [6, 6.07) is 16.2. The van der Waals surface area contributed by atoms with Crippen molar-refractivity contribution in [2.24, 2.45) is 0 Å². The number of nitro benzene ring substituents is 2. The fourth-order valence-electron chi connectivity index (χ4n) is 2.83. The molecule has 0 saturated carbocycles. The smallest absolute Gasteiger partial charge is 0.350 e. The molecule has 0 fully saturated rings. The van der Waals surface area contributed by atoms with Crippen LogP contribution in [0.2, 0.25) is 5.02 Å². The summed E-state index contributed by atoms with van der Waals surface area (Å²) >= 11 is 5.96. The molecule has 0 bridgehead atoms. The molecule has 174 valence electrons. The number of amides is 1. The van der Waals surface area contributed by atoms with Crippen LogP contribution in [0.3, 0.4) is 0 Å². The number of halogens is 1. The normalized spacial score (nSPS) is 10.7. The molecule has 0 aliphatic heterocycles. The van der Waals surface area contributed by atoms with Gasteiger partial charge in [0.2, 0.25) is 0 Å². The number of carbonyl (C=O) groups excluding carboxylic acids is 2. The maximum atomic E-state index is 12.5. The number of hydrogen-bond acceptors (Lipinski definition) is 8. The number of nitriles is 1. The lowest BCUT2D eigenvalue weighted by Gasteiger charge is -2.07. The van der Waals surface area contributed by atoms with Crippen molar-refractivity contribution in [1.29, 1.82) is 5.26 Å². The van der Waals surface area contributed by atoms with Gasteiger partial charge in [0, 0.05) is 18.2 Å². The molecule has 0 aliphatic rings. The topological polar surface area (TPSA) is 165 Å². The Morgan fingerprint density at radius 1 is 1.00 bits per heavy atom. The van der Waals surface area contributed by atoms with E-state index in [0.29, 0.717) is 5.56 Å². The van der Waals surface area contributed by atoms with Crippen LogP contribution in [0.5, 0.6) is 5.75 Å². The molecule has 1 N–H and O–H groups in total. The Morgan fingerprint density at radius 2 is 1.69 bits per heavy atom. The highest BCUT2D eigenvalue weighted by atomic mass is 35.5. The Labute approximate surface area is 202 Å². The molecule has 0 radical (unpaired) electrons. The van der Waals surface area contributed by atoms with Gasteiger partial charge in [-0.05, 0) is 35.9 Å². The molecular formula is C23H13ClN4O7. The SMILES string of the molecule is N#C/C(=C\c1ccc(OC(=O)c2ccccc2[N+](=O)[O-])cc1)C(=O)Nc1cc([N+](=O)[O-])ccc1Cl. The third kappa shape index (κ3) is 6.04. The Balaban J connectivity index is 1.75. The van der Waals surface area contributed by atoms with Crippen molar-refractivity contribution in [3.8, 4) is 11.8 Å². The maximum absolute atomic E-state index is 12.5. The van der Waals surface area contributed by atoms with Crippen molar-refractivity contribution in [3.63, 3.8) is 0 Å². The zero-order valence-corrected chi connectivity index (χ0v) is 18.3. The molecule has 0 unspecified atom stereocenters. The maximum Gasteiger partial charge on any atom is 0.350 e. The van der Waals surface area contributed by atoms with Crippen LogP contribution in [-0.4, -0.2) is 21.7 Å². The zero-order valence-electron chi connectivity index (χ0n) is 17.5. The van der Waals surface area contributed by atoms with Crippen LogP contribution in [-0.2, 0) is 4.79 Å². The lowest BCUT2D eigenvalue weighted by Crippen LogP contribution is -2.14. The third-order valence-electron chi connectivity index (χ3n) is 4.50. The minimum absolute atomic E-state index is 0.0377. The number of rotatable bonds is 7. The van der Waals surface area contributed by atoms with Gasteiger partial charge in [0.1, 0.15) is 23.0 Å². The van der Waals surface area contributed by atoms with Crippen molar-refractivity contribution in [2.75, 3.05) is 5.32 Å². The summed E-state index contributed by atoms with van der Waals surface area (Å²) in [4.78, 5) is 45.5. The lowest BCUT2D eigenvalue weighted by atomic mass is 10.1. The first-order valence-corrected chi connectivity index (χ1v) is 10.00. The highest BCUT2D eigenvalue weighted by Crippen LogP contribution is 2.27. The van der Waals surface area contributed by atoms with E-state index in [9.17, 15) is 35.1 Å². The summed E-state index contributed by atoms with van der Waals surface area (Å²) in [6.45, 7) is 0. The van der Waals surface area contributed by atoms with Gasteiger partial charge in [-0.1, -0.05) is 35.9 Å². The fourth-order valence-corrected chi connectivity index (χ4v) is 2.99. The first-order chi connectivity index (χ1) is 16.7. The van der Waals surface area contributed by atoms with Crippen LogP contribution in [0.4, 0.5) is 17.1 Å². The van der Waals surface area contributed by atoms with Crippen molar-refractivity contribution >= 4 is 46.6 Å². The second-order valence-corrected chi connectivity index (χ2v) is 7.19. The standard InChI is InChI=1S/C23H13ClN4O7/c24-19-10-7-16(27(31)32)12-20(19)26-22(29)15(13-25)11-14-5-8-17(9-6-14)35-23(30)18-3-1-2-4-21(18)28(33)34/h1-12H,(H,26,29)/b15-11+. The number of non-ortho nitro benzene ring substituents is 1. The van der Waals surface area contributed by atoms with E-state index >= 15 is 0 Å². The number of nitro groups is 2. The summed E-state index contributed by atoms with van der Waals surface area (Å²) in [7, 11) is 0. The quantitative estimate of drug-likeness (QED) is 0.121. The molecule has 11 nitrogen and oxygen atoms in total. The molecular weight excluding hydrogens is 480 g/mol. The van der Waals surface area contributed by atoms with E-state index in [1.165, 1.54) is 66.7 Å². The number of anilines is 1. The van der Waals surface area contributed by atoms with E-state index in [0.717, 1.165) is 6.07 Å². The zero-order chi connectivity index (χ0) is 25.5. The molecule has 3 rings (SSSR count). The van der Waals surface area contributed by atoms with Gasteiger partial charge in [-0.3, -0.25) is 25.0 Å². The number of nitrogens with one attached hydrogen (secondary N) is 1. The lowest BCUT2D eigenvalue weighted by molar-refractivity contribution is -0.385. The molecule has 0 atom stereocenters. The van der Waals surface area contributed by atoms with E-state index < -0.39 is 27.4 Å². The third-order valence-corrected chi connectivity index (χ3v) is 4.83. The van der Waals surface area contributed by atoms with E-state index in [1.807, 2.05) is 0 Å². The van der Waals surface area contributed by atoms with Crippen molar-refractivity contribution in [3.05, 3.63) is 109 Å². The summed E-state index contributed by atoms with van der Waals surface area (Å²) in [5, 5.41) is 33.8. The van der Waals surface area contributed by atoms with Gasteiger partial charge >= 0.3 is 5.97 Å². The second kappa shape index (κ2) is 10.7. The van der Waals surface area contributed by atoms with Crippen LogP contribution in [0.25, 0.3) is 6.08 Å². The molecule has 0 aromatic heterocycles. The van der Waals surface area contributed by atoms with Gasteiger partial charge in [0.25, 0.3) is 17.3 Å². The molecule has 12 heteroatoms. The van der Waals surface area contributed by atoms with Gasteiger partial charge in [-0.2, -0.15) is 5.26 Å². The average molecular weight is 493 g/mol. The molecule has 35 heavy (non-hydrogen) atoms. The minimum atomic E-state index is -0.925. The minimum Gasteiger partial charge on any atom is -0.423 e. The first kappa shape index (κ1) is 24.6. The Hall–Kier alpha value is -5.08. The van der Waals surface area contributed by atoms with Gasteiger partial charge in [-0.15, -0.1) is 0 Å². The van der Waals surface area contributed by atoms with E-state index in [1.54, 1.807) is 6.07 Å². The molecule has 3 aromatic rings. The molecule has 0 heterocycles. The molecule has 0 spiro atoms. The summed E-state index contributed by atoms with van der Waals surface area (Å²) in [5.41, 5.74) is -0.873. The number of benzene rings is 3. The largest absolute Gasteiger partial charge is 0.423 e. The fraction of sp³-hybridized carbons (Fsp3) is 0. The Kier molecular flexibility index (Phi) is 7.50. The van der Waals surface area contributed by atoms with E-state index in [-0.39, 0.29) is 33.3 Å². The second-order valence-electron chi connectivity index (χ2n) is 6.78. The predicted octanol–water partition coefficient (Wildman–Crippen LogP) is 4.92. The number of hydrogen-bond donors (Lipinski definition) is 1. The number of para-hydroxylation sites is 1. The van der Waals surface area contributed by atoms with Crippen molar-refractivity contribution < 1.29 is 24.2 Å². The van der Waals surface area contributed by atoms with Crippen molar-refractivity contribution in [2.45, 2.75) is 0 Å². The molecule has 0 saturated heterocycles. The molecule has 1 amide bonds. The van der Waals surface area contributed by atoms with Gasteiger partial charge in [-0.25, -0.2) is 4.79 Å². The number of carbonyl (C=O) groups is 2. The Morgan fingerprint density at radius 3 is 2.31 bits per heavy atom. The van der Waals surface area contributed by atoms with Gasteiger partial charge in [0.05, 0.1) is 20.6 Å². The molecule has 0 aliphatic carbocycles. The van der Waals surface area contributed by atoms with Gasteiger partial charge in [0.15, 0.2) is 0 Å². The van der Waals surface area contributed by atoms with E-state index in [2.05, 4.69) is 5.32 Å². The van der Waals surface area contributed by atoms with Crippen LogP contribution in [0.15, 0.2) is 72.3 Å².